The molecule has 0 aromatic rings. The molecule has 2 N–H and O–H groups in total. The molecule has 17 heavy (non-hydrogen) atoms. The van der Waals surface area contributed by atoms with E-state index >= 15 is 0 Å². The minimum Gasteiger partial charge on any atom is -0.480 e. The molecule has 2 amide bonds. The van der Waals surface area contributed by atoms with Crippen molar-refractivity contribution in [3.63, 3.8) is 0 Å². The molecule has 0 aromatic heterocycles. The van der Waals surface area contributed by atoms with Gasteiger partial charge in [0.1, 0.15) is 6.54 Å². The van der Waals surface area contributed by atoms with Gasteiger partial charge in [0.05, 0.1) is 5.92 Å². The molecule has 0 aliphatic carbocycles. The molecule has 0 bridgehead atoms. The Morgan fingerprint density at radius 3 is 2.59 bits per heavy atom. The molecular weight excluding hydrogens is 224 g/mol. The maximum absolute atomic E-state index is 12.1. The standard InChI is InChI=1S/C11H18N2O4/c1-7(2)13(6-10(15)16)11(17)8-3-4-9(14)12-5-8/h7-8H,3-6H2,1-2H3,(H,12,14)(H,15,16). The molecule has 1 saturated heterocycles. The molecule has 1 aliphatic heterocycles. The zero-order valence-electron chi connectivity index (χ0n) is 10.1. The number of amides is 2. The van der Waals surface area contributed by atoms with Crippen LogP contribution in [0.5, 0.6) is 0 Å². The van der Waals surface area contributed by atoms with Crippen molar-refractivity contribution in [3.8, 4) is 0 Å². The lowest BCUT2D eigenvalue weighted by Crippen LogP contribution is -2.48. The molecular formula is C11H18N2O4. The van der Waals surface area contributed by atoms with Crippen LogP contribution in [0, 0.1) is 5.92 Å². The fourth-order valence-corrected chi connectivity index (χ4v) is 1.84. The predicted octanol–water partition coefficient (Wildman–Crippen LogP) is -0.166. The minimum atomic E-state index is -1.02. The smallest absolute Gasteiger partial charge is 0.323 e. The van der Waals surface area contributed by atoms with Gasteiger partial charge in [0.15, 0.2) is 0 Å². The van der Waals surface area contributed by atoms with Crippen molar-refractivity contribution in [1.29, 1.82) is 0 Å². The Bertz CT molecular complexity index is 317. The summed E-state index contributed by atoms with van der Waals surface area (Å²) in [5, 5.41) is 11.4. The molecule has 0 saturated carbocycles. The number of hydrogen-bond acceptors (Lipinski definition) is 3. The van der Waals surface area contributed by atoms with Crippen molar-refractivity contribution in [2.45, 2.75) is 32.7 Å². The zero-order valence-corrected chi connectivity index (χ0v) is 10.1. The van der Waals surface area contributed by atoms with Gasteiger partial charge in [-0.2, -0.15) is 0 Å². The number of carbonyl (C=O) groups is 3. The van der Waals surface area contributed by atoms with Crippen molar-refractivity contribution in [1.82, 2.24) is 10.2 Å². The first-order chi connectivity index (χ1) is 7.91. The molecule has 6 heteroatoms. The Labute approximate surface area is 100.0 Å². The molecule has 96 valence electrons. The van der Waals surface area contributed by atoms with Crippen LogP contribution in [0.2, 0.25) is 0 Å². The summed E-state index contributed by atoms with van der Waals surface area (Å²) >= 11 is 0. The number of carbonyl (C=O) groups excluding carboxylic acids is 2. The largest absolute Gasteiger partial charge is 0.480 e. The minimum absolute atomic E-state index is 0.0524. The number of carboxylic acid groups (broad SMARTS) is 1. The first-order valence-electron chi connectivity index (χ1n) is 5.70. The second-order valence-electron chi connectivity index (χ2n) is 4.49. The molecule has 0 radical (unpaired) electrons. The Morgan fingerprint density at radius 1 is 1.53 bits per heavy atom. The molecule has 1 rings (SSSR count). The highest BCUT2D eigenvalue weighted by Crippen LogP contribution is 2.15. The molecule has 1 heterocycles. The van der Waals surface area contributed by atoms with Crippen LogP contribution in [0.4, 0.5) is 0 Å². The number of nitrogens with zero attached hydrogens (tertiary/aromatic N) is 1. The Balaban J connectivity index is 2.64. The lowest BCUT2D eigenvalue weighted by atomic mass is 9.97. The van der Waals surface area contributed by atoms with E-state index in [1.807, 2.05) is 0 Å². The monoisotopic (exact) mass is 242 g/mol. The van der Waals surface area contributed by atoms with Crippen LogP contribution < -0.4 is 5.32 Å². The lowest BCUT2D eigenvalue weighted by molar-refractivity contribution is -0.148. The zero-order chi connectivity index (χ0) is 13.0. The molecule has 0 aromatic carbocycles. The summed E-state index contributed by atoms with van der Waals surface area (Å²) in [6.45, 7) is 3.58. The summed E-state index contributed by atoms with van der Waals surface area (Å²) in [5.74, 6) is -1.56. The van der Waals surface area contributed by atoms with Crippen LogP contribution >= 0.6 is 0 Å². The third-order valence-electron chi connectivity index (χ3n) is 2.83. The van der Waals surface area contributed by atoms with E-state index in [9.17, 15) is 14.4 Å². The number of nitrogens with one attached hydrogen (secondary N) is 1. The van der Waals surface area contributed by atoms with Crippen molar-refractivity contribution >= 4 is 17.8 Å². The third kappa shape index (κ3) is 3.72. The van der Waals surface area contributed by atoms with E-state index in [1.54, 1.807) is 13.8 Å². The summed E-state index contributed by atoms with van der Waals surface area (Å²) < 4.78 is 0. The van der Waals surface area contributed by atoms with Gasteiger partial charge in [-0.15, -0.1) is 0 Å². The topological polar surface area (TPSA) is 86.7 Å². The van der Waals surface area contributed by atoms with Crippen LogP contribution in [0.1, 0.15) is 26.7 Å². The molecule has 6 nitrogen and oxygen atoms in total. The van der Waals surface area contributed by atoms with Gasteiger partial charge >= 0.3 is 5.97 Å². The molecule has 1 fully saturated rings. The van der Waals surface area contributed by atoms with Crippen molar-refractivity contribution in [2.75, 3.05) is 13.1 Å². The van der Waals surface area contributed by atoms with Crippen LogP contribution in [0.25, 0.3) is 0 Å². The van der Waals surface area contributed by atoms with E-state index in [4.69, 9.17) is 5.11 Å². The first kappa shape index (κ1) is 13.5. The summed E-state index contributed by atoms with van der Waals surface area (Å²) in [6.07, 6.45) is 0.822. The highest BCUT2D eigenvalue weighted by Gasteiger charge is 2.30. The normalized spacial score (nSPS) is 19.9. The van der Waals surface area contributed by atoms with Crippen LogP contribution in [-0.2, 0) is 14.4 Å². The van der Waals surface area contributed by atoms with E-state index < -0.39 is 5.97 Å². The van der Waals surface area contributed by atoms with Gasteiger partial charge in [-0.05, 0) is 20.3 Å². The Hall–Kier alpha value is -1.59. The second kappa shape index (κ2) is 5.65. The van der Waals surface area contributed by atoms with Gasteiger partial charge in [-0.3, -0.25) is 14.4 Å². The first-order valence-corrected chi connectivity index (χ1v) is 5.70. The highest BCUT2D eigenvalue weighted by atomic mass is 16.4. The number of piperidine rings is 1. The van der Waals surface area contributed by atoms with Gasteiger partial charge in [0, 0.05) is 19.0 Å². The average Bonchev–Trinajstić information content (AvgIpc) is 2.25. The van der Waals surface area contributed by atoms with E-state index in [-0.39, 0.29) is 30.3 Å². The number of hydrogen-bond donors (Lipinski definition) is 2. The van der Waals surface area contributed by atoms with E-state index in [0.717, 1.165) is 0 Å². The summed E-state index contributed by atoms with van der Waals surface area (Å²) in [5.41, 5.74) is 0. The van der Waals surface area contributed by atoms with Crippen LogP contribution in [-0.4, -0.2) is 46.9 Å². The van der Waals surface area contributed by atoms with E-state index in [2.05, 4.69) is 5.32 Å². The average molecular weight is 242 g/mol. The van der Waals surface area contributed by atoms with Crippen molar-refractivity contribution < 1.29 is 19.5 Å². The molecule has 1 aliphatic rings. The highest BCUT2D eigenvalue weighted by molar-refractivity contribution is 5.86. The molecule has 1 atom stereocenters. The predicted molar refractivity (Wildman–Crippen MR) is 60.2 cm³/mol. The number of aliphatic carboxylic acids is 1. The van der Waals surface area contributed by atoms with Gasteiger partial charge in [-0.1, -0.05) is 0 Å². The third-order valence-corrected chi connectivity index (χ3v) is 2.83. The van der Waals surface area contributed by atoms with Gasteiger partial charge in [0.2, 0.25) is 11.8 Å². The number of rotatable bonds is 4. The van der Waals surface area contributed by atoms with Gasteiger partial charge in [0.25, 0.3) is 0 Å². The summed E-state index contributed by atoms with van der Waals surface area (Å²) in [4.78, 5) is 35.1. The Kier molecular flexibility index (Phi) is 4.48. The summed E-state index contributed by atoms with van der Waals surface area (Å²) in [7, 11) is 0. The quantitative estimate of drug-likeness (QED) is 0.717. The Morgan fingerprint density at radius 2 is 2.18 bits per heavy atom. The van der Waals surface area contributed by atoms with E-state index in [0.29, 0.717) is 19.4 Å². The summed E-state index contributed by atoms with van der Waals surface area (Å²) in [6, 6.07) is -0.156. The maximum atomic E-state index is 12.1. The second-order valence-corrected chi connectivity index (χ2v) is 4.49. The molecule has 0 spiro atoms. The fraction of sp³-hybridized carbons (Fsp3) is 0.727. The lowest BCUT2D eigenvalue weighted by Gasteiger charge is -2.31. The van der Waals surface area contributed by atoms with Crippen molar-refractivity contribution in [2.24, 2.45) is 5.92 Å². The van der Waals surface area contributed by atoms with E-state index in [1.165, 1.54) is 4.90 Å². The SMILES string of the molecule is CC(C)N(CC(=O)O)C(=O)C1CCC(=O)NC1. The van der Waals surface area contributed by atoms with Crippen LogP contribution in [0.3, 0.4) is 0 Å². The maximum Gasteiger partial charge on any atom is 0.323 e. The van der Waals surface area contributed by atoms with Gasteiger partial charge < -0.3 is 15.3 Å². The fourth-order valence-electron chi connectivity index (χ4n) is 1.84. The van der Waals surface area contributed by atoms with Crippen molar-refractivity contribution in [3.05, 3.63) is 0 Å². The molecule has 1 unspecified atom stereocenters. The van der Waals surface area contributed by atoms with Gasteiger partial charge in [-0.25, -0.2) is 0 Å². The number of carboxylic acids is 1. The van der Waals surface area contributed by atoms with Crippen LogP contribution in [0.15, 0.2) is 0 Å².